The van der Waals surface area contributed by atoms with Crippen molar-refractivity contribution in [3.8, 4) is 0 Å². The summed E-state index contributed by atoms with van der Waals surface area (Å²) in [6.07, 6.45) is 0. The summed E-state index contributed by atoms with van der Waals surface area (Å²) in [6, 6.07) is 8.01. The van der Waals surface area contributed by atoms with E-state index in [-0.39, 0.29) is 0 Å². The smallest absolute Gasteiger partial charge is 0.138 e. The third kappa shape index (κ3) is 3.23. The maximum atomic E-state index is 6.04. The molecular weight excluding hydrogens is 315 g/mol. The summed E-state index contributed by atoms with van der Waals surface area (Å²) in [7, 11) is 0. The molecule has 0 saturated carbocycles. The van der Waals surface area contributed by atoms with Crippen LogP contribution >= 0.6 is 34.7 Å². The van der Waals surface area contributed by atoms with E-state index in [9.17, 15) is 0 Å². The first kappa shape index (κ1) is 14.1. The number of halogens is 2. The fourth-order valence-electron chi connectivity index (χ4n) is 2.32. The minimum absolute atomic E-state index is 0.699. The molecule has 2 heterocycles. The van der Waals surface area contributed by atoms with Crippen molar-refractivity contribution in [2.45, 2.75) is 6.54 Å². The maximum Gasteiger partial charge on any atom is 0.138 e. The van der Waals surface area contributed by atoms with Crippen LogP contribution < -0.4 is 4.90 Å². The molecule has 2 aromatic rings. The van der Waals surface area contributed by atoms with E-state index >= 15 is 0 Å². The van der Waals surface area contributed by atoms with Gasteiger partial charge in [0, 0.05) is 55.0 Å². The molecule has 0 bridgehead atoms. The number of piperazine rings is 1. The van der Waals surface area contributed by atoms with E-state index in [4.69, 9.17) is 23.2 Å². The molecule has 7 heteroatoms. The van der Waals surface area contributed by atoms with Gasteiger partial charge in [0.05, 0.1) is 0 Å². The largest absolute Gasteiger partial charge is 0.369 e. The minimum Gasteiger partial charge on any atom is -0.369 e. The van der Waals surface area contributed by atoms with Crippen LogP contribution in [0.25, 0.3) is 0 Å². The predicted molar refractivity (Wildman–Crippen MR) is 83.9 cm³/mol. The second-order valence-corrected chi connectivity index (χ2v) is 6.53. The highest BCUT2D eigenvalue weighted by molar-refractivity contribution is 7.10. The lowest BCUT2D eigenvalue weighted by Gasteiger charge is -2.35. The summed E-state index contributed by atoms with van der Waals surface area (Å²) in [5, 5.41) is 4.84. The van der Waals surface area contributed by atoms with Crippen molar-refractivity contribution in [1.29, 1.82) is 0 Å². The van der Waals surface area contributed by atoms with Crippen LogP contribution in [0.3, 0.4) is 0 Å². The summed E-state index contributed by atoms with van der Waals surface area (Å²) in [6.45, 7) is 4.77. The van der Waals surface area contributed by atoms with E-state index in [0.29, 0.717) is 4.34 Å². The van der Waals surface area contributed by atoms with Crippen molar-refractivity contribution in [2.24, 2.45) is 0 Å². The third-order valence-corrected chi connectivity index (χ3v) is 4.68. The summed E-state index contributed by atoms with van der Waals surface area (Å²) in [4.78, 5) is 4.72. The molecule has 1 aliphatic heterocycles. The van der Waals surface area contributed by atoms with Gasteiger partial charge in [0.25, 0.3) is 0 Å². The number of benzene rings is 1. The van der Waals surface area contributed by atoms with Gasteiger partial charge in [-0.2, -0.15) is 0 Å². The molecule has 1 fully saturated rings. The fraction of sp³-hybridized carbons (Fsp3) is 0.385. The molecule has 0 unspecified atom stereocenters. The first-order valence-corrected chi connectivity index (χ1v) is 7.95. The molecule has 0 aliphatic carbocycles. The Hall–Kier alpha value is -0.880. The molecule has 0 amide bonds. The molecular formula is C13H14Cl2N4S. The first-order chi connectivity index (χ1) is 9.72. The molecule has 1 aromatic heterocycles. The lowest BCUT2D eigenvalue weighted by Crippen LogP contribution is -2.46. The second-order valence-electron chi connectivity index (χ2n) is 4.73. The molecule has 1 aromatic carbocycles. The van der Waals surface area contributed by atoms with Gasteiger partial charge in [-0.25, -0.2) is 0 Å². The second kappa shape index (κ2) is 6.26. The lowest BCUT2D eigenvalue weighted by molar-refractivity contribution is 0.247. The highest BCUT2D eigenvalue weighted by Crippen LogP contribution is 2.22. The molecule has 20 heavy (non-hydrogen) atoms. The SMILES string of the molecule is Clc1ccc(N2CCN(Cc3nnsc3Cl)CC2)cc1. The zero-order valence-corrected chi connectivity index (χ0v) is 13.1. The first-order valence-electron chi connectivity index (χ1n) is 6.42. The van der Waals surface area contributed by atoms with Crippen LogP contribution in [0.2, 0.25) is 9.36 Å². The Bertz CT molecular complexity index is 564. The number of aromatic nitrogens is 2. The summed E-state index contributed by atoms with van der Waals surface area (Å²) in [5.74, 6) is 0. The van der Waals surface area contributed by atoms with Gasteiger partial charge in [0.2, 0.25) is 0 Å². The quantitative estimate of drug-likeness (QED) is 0.866. The predicted octanol–water partition coefficient (Wildman–Crippen LogP) is 3.17. The van der Waals surface area contributed by atoms with E-state index in [1.807, 2.05) is 12.1 Å². The van der Waals surface area contributed by atoms with Gasteiger partial charge in [-0.05, 0) is 24.3 Å². The Morgan fingerprint density at radius 2 is 1.75 bits per heavy atom. The summed E-state index contributed by atoms with van der Waals surface area (Å²) >= 11 is 13.2. The van der Waals surface area contributed by atoms with E-state index in [1.165, 1.54) is 17.2 Å². The minimum atomic E-state index is 0.699. The van der Waals surface area contributed by atoms with E-state index in [1.54, 1.807) is 0 Å². The number of hydrogen-bond donors (Lipinski definition) is 0. The van der Waals surface area contributed by atoms with Gasteiger partial charge in [-0.1, -0.05) is 27.7 Å². The monoisotopic (exact) mass is 328 g/mol. The van der Waals surface area contributed by atoms with Crippen molar-refractivity contribution < 1.29 is 0 Å². The molecule has 3 rings (SSSR count). The molecule has 1 saturated heterocycles. The molecule has 1 aliphatic rings. The lowest BCUT2D eigenvalue weighted by atomic mass is 10.2. The molecule has 0 spiro atoms. The standard InChI is InChI=1S/C13H14Cl2N4S/c14-10-1-3-11(4-2-10)19-7-5-18(6-8-19)9-12-13(15)20-17-16-12/h1-4H,5-9H2. The molecule has 0 atom stereocenters. The Morgan fingerprint density at radius 1 is 1.05 bits per heavy atom. The van der Waals surface area contributed by atoms with Crippen molar-refractivity contribution in [3.05, 3.63) is 39.3 Å². The van der Waals surface area contributed by atoms with Gasteiger partial charge in [-0.3, -0.25) is 4.90 Å². The van der Waals surface area contributed by atoms with Crippen LogP contribution in [0.15, 0.2) is 24.3 Å². The van der Waals surface area contributed by atoms with Crippen molar-refractivity contribution >= 4 is 40.4 Å². The number of rotatable bonds is 3. The Labute approximate surface area is 132 Å². The molecule has 0 radical (unpaired) electrons. The van der Waals surface area contributed by atoms with Gasteiger partial charge in [0.15, 0.2) is 0 Å². The highest BCUT2D eigenvalue weighted by Gasteiger charge is 2.19. The van der Waals surface area contributed by atoms with Gasteiger partial charge in [-0.15, -0.1) is 5.10 Å². The zero-order valence-electron chi connectivity index (χ0n) is 10.8. The molecule has 0 N–H and O–H groups in total. The fourth-order valence-corrected chi connectivity index (χ4v) is 3.06. The van der Waals surface area contributed by atoms with Crippen molar-refractivity contribution in [1.82, 2.24) is 14.5 Å². The van der Waals surface area contributed by atoms with Crippen LogP contribution in [-0.4, -0.2) is 40.7 Å². The van der Waals surface area contributed by atoms with Gasteiger partial charge < -0.3 is 4.90 Å². The third-order valence-electron chi connectivity index (χ3n) is 3.45. The average molecular weight is 329 g/mol. The van der Waals surface area contributed by atoms with E-state index in [2.05, 4.69) is 31.5 Å². The van der Waals surface area contributed by atoms with Crippen LogP contribution in [-0.2, 0) is 6.54 Å². The average Bonchev–Trinajstić information content (AvgIpc) is 2.86. The Morgan fingerprint density at radius 3 is 2.35 bits per heavy atom. The van der Waals surface area contributed by atoms with Crippen LogP contribution in [0, 0.1) is 0 Å². The number of anilines is 1. The molecule has 4 nitrogen and oxygen atoms in total. The van der Waals surface area contributed by atoms with Crippen LogP contribution in [0.5, 0.6) is 0 Å². The van der Waals surface area contributed by atoms with Gasteiger partial charge in [0.1, 0.15) is 10.0 Å². The Kier molecular flexibility index (Phi) is 4.41. The summed E-state index contributed by atoms with van der Waals surface area (Å²) < 4.78 is 4.57. The highest BCUT2D eigenvalue weighted by atomic mass is 35.5. The van der Waals surface area contributed by atoms with Crippen LogP contribution in [0.1, 0.15) is 5.69 Å². The summed E-state index contributed by atoms with van der Waals surface area (Å²) in [5.41, 5.74) is 2.11. The molecule has 106 valence electrons. The van der Waals surface area contributed by atoms with E-state index < -0.39 is 0 Å². The van der Waals surface area contributed by atoms with Gasteiger partial charge >= 0.3 is 0 Å². The maximum absolute atomic E-state index is 6.04. The zero-order chi connectivity index (χ0) is 13.9. The number of hydrogen-bond acceptors (Lipinski definition) is 5. The number of nitrogens with zero attached hydrogens (tertiary/aromatic N) is 4. The van der Waals surface area contributed by atoms with Crippen LogP contribution in [0.4, 0.5) is 5.69 Å². The normalized spacial score (nSPS) is 16.6. The topological polar surface area (TPSA) is 32.3 Å². The Balaban J connectivity index is 1.57. The van der Waals surface area contributed by atoms with Crippen molar-refractivity contribution in [3.63, 3.8) is 0 Å². The van der Waals surface area contributed by atoms with E-state index in [0.717, 1.165) is 43.4 Å². The van der Waals surface area contributed by atoms with Crippen molar-refractivity contribution in [2.75, 3.05) is 31.1 Å².